The van der Waals surface area contributed by atoms with Crippen LogP contribution < -0.4 is 0 Å². The third kappa shape index (κ3) is 2.38. The first-order valence-electron chi connectivity index (χ1n) is 6.86. The highest BCUT2D eigenvalue weighted by molar-refractivity contribution is 5.78. The predicted octanol–water partition coefficient (Wildman–Crippen LogP) is 1.07. The van der Waals surface area contributed by atoms with Gasteiger partial charge >= 0.3 is 0 Å². The molecule has 1 amide bonds. The van der Waals surface area contributed by atoms with Crippen molar-refractivity contribution in [1.29, 1.82) is 0 Å². The summed E-state index contributed by atoms with van der Waals surface area (Å²) in [6.07, 6.45) is 2.04. The van der Waals surface area contributed by atoms with Gasteiger partial charge < -0.3 is 9.64 Å². The Kier molecular flexibility index (Phi) is 3.64. The number of para-hydroxylation sites is 1. The van der Waals surface area contributed by atoms with E-state index in [1.807, 2.05) is 33.8 Å². The number of carbonyl (C=O) groups is 1. The van der Waals surface area contributed by atoms with Crippen LogP contribution in [-0.4, -0.2) is 52.1 Å². The van der Waals surface area contributed by atoms with Gasteiger partial charge in [0.25, 0.3) is 0 Å². The van der Waals surface area contributed by atoms with Crippen molar-refractivity contribution in [2.45, 2.75) is 25.4 Å². The lowest BCUT2D eigenvalue weighted by atomic mass is 10.2. The first-order valence-corrected chi connectivity index (χ1v) is 6.86. The van der Waals surface area contributed by atoms with Crippen LogP contribution >= 0.6 is 0 Å². The molecule has 6 heteroatoms. The van der Waals surface area contributed by atoms with Gasteiger partial charge in [-0.25, -0.2) is 4.68 Å². The van der Waals surface area contributed by atoms with Crippen LogP contribution in [0, 0.1) is 0 Å². The van der Waals surface area contributed by atoms with Crippen LogP contribution in [-0.2, 0) is 16.1 Å². The molecule has 1 aliphatic rings. The van der Waals surface area contributed by atoms with Crippen molar-refractivity contribution in [3.8, 4) is 0 Å². The van der Waals surface area contributed by atoms with E-state index in [-0.39, 0.29) is 18.6 Å². The second-order valence-electron chi connectivity index (χ2n) is 5.08. The summed E-state index contributed by atoms with van der Waals surface area (Å²) < 4.78 is 6.83. The predicted molar refractivity (Wildman–Crippen MR) is 74.1 cm³/mol. The van der Waals surface area contributed by atoms with Crippen molar-refractivity contribution >= 4 is 16.9 Å². The Labute approximate surface area is 117 Å². The molecule has 0 unspecified atom stereocenters. The minimum absolute atomic E-state index is 0.0550. The van der Waals surface area contributed by atoms with Crippen LogP contribution in [0.3, 0.4) is 0 Å². The molecule has 1 saturated heterocycles. The van der Waals surface area contributed by atoms with Gasteiger partial charge in [-0.2, -0.15) is 0 Å². The lowest BCUT2D eigenvalue weighted by Crippen LogP contribution is -2.40. The maximum atomic E-state index is 12.0. The quantitative estimate of drug-likeness (QED) is 0.836. The van der Waals surface area contributed by atoms with Gasteiger partial charge in [0.05, 0.1) is 18.1 Å². The standard InChI is InChI=1S/C14H18N4O2/c1-20-10-14(19)17-8-4-5-11(17)9-18-13-7-3-2-6-12(13)15-16-18/h2-3,6-7,11H,4-5,8-10H2,1H3/t11-/m1/s1. The van der Waals surface area contributed by atoms with E-state index in [1.54, 1.807) is 7.11 Å². The number of hydrogen-bond donors (Lipinski definition) is 0. The molecule has 1 atom stereocenters. The molecular weight excluding hydrogens is 256 g/mol. The number of benzene rings is 1. The number of likely N-dealkylation sites (tertiary alicyclic amines) is 1. The van der Waals surface area contributed by atoms with Gasteiger partial charge in [-0.05, 0) is 25.0 Å². The molecule has 0 radical (unpaired) electrons. The van der Waals surface area contributed by atoms with E-state index in [0.717, 1.165) is 30.4 Å². The van der Waals surface area contributed by atoms with Gasteiger partial charge in [-0.3, -0.25) is 4.79 Å². The summed E-state index contributed by atoms with van der Waals surface area (Å²) in [7, 11) is 1.55. The number of ether oxygens (including phenoxy) is 1. The van der Waals surface area contributed by atoms with E-state index in [4.69, 9.17) is 4.74 Å². The summed E-state index contributed by atoms with van der Waals surface area (Å²) in [5.41, 5.74) is 1.90. The zero-order chi connectivity index (χ0) is 13.9. The first-order chi connectivity index (χ1) is 9.79. The largest absolute Gasteiger partial charge is 0.375 e. The number of carbonyl (C=O) groups excluding carboxylic acids is 1. The number of methoxy groups -OCH3 is 1. The van der Waals surface area contributed by atoms with Crippen molar-refractivity contribution in [3.05, 3.63) is 24.3 Å². The molecule has 1 aromatic heterocycles. The molecule has 2 heterocycles. The molecular formula is C14H18N4O2. The number of fused-ring (bicyclic) bond motifs is 1. The lowest BCUT2D eigenvalue weighted by Gasteiger charge is -2.24. The van der Waals surface area contributed by atoms with Gasteiger partial charge in [-0.15, -0.1) is 5.10 Å². The highest BCUT2D eigenvalue weighted by atomic mass is 16.5. The number of nitrogens with zero attached hydrogens (tertiary/aromatic N) is 4. The third-order valence-corrected chi connectivity index (χ3v) is 3.77. The normalized spacial score (nSPS) is 18.9. The zero-order valence-electron chi connectivity index (χ0n) is 11.5. The van der Waals surface area contributed by atoms with E-state index in [2.05, 4.69) is 10.3 Å². The smallest absolute Gasteiger partial charge is 0.248 e. The third-order valence-electron chi connectivity index (χ3n) is 3.77. The van der Waals surface area contributed by atoms with Gasteiger partial charge in [0.1, 0.15) is 12.1 Å². The molecule has 1 aliphatic heterocycles. The SMILES string of the molecule is COCC(=O)N1CCC[C@@H]1Cn1nnc2ccccc21. The topological polar surface area (TPSA) is 60.2 Å². The summed E-state index contributed by atoms with van der Waals surface area (Å²) in [6, 6.07) is 8.06. The molecule has 20 heavy (non-hydrogen) atoms. The zero-order valence-corrected chi connectivity index (χ0v) is 11.5. The van der Waals surface area contributed by atoms with Gasteiger partial charge in [0, 0.05) is 13.7 Å². The Morgan fingerprint density at radius 3 is 3.15 bits per heavy atom. The minimum Gasteiger partial charge on any atom is -0.375 e. The average Bonchev–Trinajstić information content (AvgIpc) is 3.07. The van der Waals surface area contributed by atoms with Crippen molar-refractivity contribution in [2.75, 3.05) is 20.3 Å². The Bertz CT molecular complexity index is 610. The van der Waals surface area contributed by atoms with E-state index in [0.29, 0.717) is 6.54 Å². The molecule has 2 aromatic rings. The Hall–Kier alpha value is -1.95. The second-order valence-corrected chi connectivity index (χ2v) is 5.08. The number of rotatable bonds is 4. The lowest BCUT2D eigenvalue weighted by molar-refractivity contribution is -0.136. The fourth-order valence-electron chi connectivity index (χ4n) is 2.81. The molecule has 1 aromatic carbocycles. The fourth-order valence-corrected chi connectivity index (χ4v) is 2.81. The van der Waals surface area contributed by atoms with Crippen molar-refractivity contribution in [1.82, 2.24) is 19.9 Å². The number of aromatic nitrogens is 3. The van der Waals surface area contributed by atoms with Crippen LogP contribution in [0.4, 0.5) is 0 Å². The van der Waals surface area contributed by atoms with Crippen LogP contribution in [0.25, 0.3) is 11.0 Å². The highest BCUT2D eigenvalue weighted by Crippen LogP contribution is 2.20. The molecule has 0 aliphatic carbocycles. The summed E-state index contributed by atoms with van der Waals surface area (Å²) in [6.45, 7) is 1.64. The Balaban J connectivity index is 1.78. The van der Waals surface area contributed by atoms with E-state index in [9.17, 15) is 4.79 Å². The van der Waals surface area contributed by atoms with Gasteiger partial charge in [0.2, 0.25) is 5.91 Å². The molecule has 0 spiro atoms. The van der Waals surface area contributed by atoms with Crippen LogP contribution in [0.1, 0.15) is 12.8 Å². The van der Waals surface area contributed by atoms with Crippen molar-refractivity contribution < 1.29 is 9.53 Å². The summed E-state index contributed by atoms with van der Waals surface area (Å²) in [5.74, 6) is 0.0550. The van der Waals surface area contributed by atoms with Crippen LogP contribution in [0.5, 0.6) is 0 Å². The number of hydrogen-bond acceptors (Lipinski definition) is 4. The van der Waals surface area contributed by atoms with E-state index < -0.39 is 0 Å². The molecule has 3 rings (SSSR count). The second kappa shape index (κ2) is 5.58. The van der Waals surface area contributed by atoms with Gasteiger partial charge in [0.15, 0.2) is 0 Å². The summed E-state index contributed by atoms with van der Waals surface area (Å²) >= 11 is 0. The maximum Gasteiger partial charge on any atom is 0.248 e. The molecule has 106 valence electrons. The number of amides is 1. The van der Waals surface area contributed by atoms with Crippen molar-refractivity contribution in [3.63, 3.8) is 0 Å². The monoisotopic (exact) mass is 274 g/mol. The van der Waals surface area contributed by atoms with Crippen molar-refractivity contribution in [2.24, 2.45) is 0 Å². The van der Waals surface area contributed by atoms with Crippen LogP contribution in [0.2, 0.25) is 0 Å². The fraction of sp³-hybridized carbons (Fsp3) is 0.500. The summed E-state index contributed by atoms with van der Waals surface area (Å²) in [4.78, 5) is 13.9. The molecule has 1 fully saturated rings. The van der Waals surface area contributed by atoms with E-state index in [1.165, 1.54) is 0 Å². The molecule has 0 saturated carbocycles. The molecule has 6 nitrogen and oxygen atoms in total. The van der Waals surface area contributed by atoms with E-state index >= 15 is 0 Å². The first kappa shape index (κ1) is 13.1. The summed E-state index contributed by atoms with van der Waals surface area (Å²) in [5, 5.41) is 8.35. The Morgan fingerprint density at radius 1 is 1.45 bits per heavy atom. The van der Waals surface area contributed by atoms with Crippen LogP contribution in [0.15, 0.2) is 24.3 Å². The minimum atomic E-state index is 0.0550. The average molecular weight is 274 g/mol. The highest BCUT2D eigenvalue weighted by Gasteiger charge is 2.29. The van der Waals surface area contributed by atoms with Gasteiger partial charge in [-0.1, -0.05) is 17.3 Å². The maximum absolute atomic E-state index is 12.0. The molecule has 0 bridgehead atoms. The molecule has 0 N–H and O–H groups in total. The Morgan fingerprint density at radius 2 is 2.30 bits per heavy atom.